The van der Waals surface area contributed by atoms with Crippen molar-refractivity contribution in [1.29, 1.82) is 5.26 Å². The summed E-state index contributed by atoms with van der Waals surface area (Å²) < 4.78 is 5.77. The number of nitrogen functional groups attached to an aromatic ring is 1. The lowest BCUT2D eigenvalue weighted by Crippen LogP contribution is -2.06. The number of anilines is 3. The highest BCUT2D eigenvalue weighted by Gasteiger charge is 2.10. The molecule has 158 valence electrons. The molecule has 0 saturated heterocycles. The number of aromatic nitrogens is 4. The molecule has 0 bridgehead atoms. The number of hydrogen-bond donors (Lipinski definition) is 2. The van der Waals surface area contributed by atoms with E-state index < -0.39 is 0 Å². The number of aryl methyl sites for hydroxylation is 1. The molecule has 0 radical (unpaired) electrons. The van der Waals surface area contributed by atoms with Crippen LogP contribution in [-0.4, -0.2) is 19.9 Å². The third-order valence-electron chi connectivity index (χ3n) is 4.29. The van der Waals surface area contributed by atoms with E-state index in [4.69, 9.17) is 10.5 Å². The van der Waals surface area contributed by atoms with Gasteiger partial charge in [-0.1, -0.05) is 30.3 Å². The first-order chi connectivity index (χ1) is 15.6. The minimum Gasteiger partial charge on any atom is -0.487 e. The van der Waals surface area contributed by atoms with E-state index in [9.17, 15) is 5.26 Å². The summed E-state index contributed by atoms with van der Waals surface area (Å²) in [5, 5.41) is 15.7. The first-order valence-electron chi connectivity index (χ1n) is 9.69. The molecule has 0 fully saturated rings. The lowest BCUT2D eigenvalue weighted by molar-refractivity contribution is 0.302. The van der Waals surface area contributed by atoms with E-state index in [1.54, 1.807) is 17.4 Å². The quantitative estimate of drug-likeness (QED) is 0.399. The monoisotopic (exact) mass is 441 g/mol. The molecule has 0 aliphatic heterocycles. The number of nitrogens with two attached hydrogens (primary N) is 1. The van der Waals surface area contributed by atoms with Crippen LogP contribution in [0.25, 0.3) is 11.6 Å². The van der Waals surface area contributed by atoms with Crippen LogP contribution in [0.5, 0.6) is 5.75 Å². The van der Waals surface area contributed by atoms with Crippen molar-refractivity contribution in [2.75, 3.05) is 11.1 Å². The third kappa shape index (κ3) is 5.44. The first kappa shape index (κ1) is 21.0. The minimum atomic E-state index is 0.0237. The second-order valence-corrected chi connectivity index (χ2v) is 7.78. The molecular formula is C23H19N7OS. The molecule has 8 nitrogen and oxygen atoms in total. The van der Waals surface area contributed by atoms with Crippen LogP contribution in [0.2, 0.25) is 0 Å². The van der Waals surface area contributed by atoms with Crippen molar-refractivity contribution < 1.29 is 4.74 Å². The Bertz CT molecular complexity index is 1280. The molecule has 0 spiro atoms. The number of rotatable bonds is 7. The zero-order chi connectivity index (χ0) is 22.3. The van der Waals surface area contributed by atoms with Crippen molar-refractivity contribution in [1.82, 2.24) is 19.9 Å². The van der Waals surface area contributed by atoms with Crippen molar-refractivity contribution in [3.8, 4) is 11.8 Å². The van der Waals surface area contributed by atoms with Gasteiger partial charge in [0.25, 0.3) is 0 Å². The number of para-hydroxylation sites is 1. The number of benzene rings is 2. The molecule has 4 aromatic rings. The highest BCUT2D eigenvalue weighted by Crippen LogP contribution is 2.21. The van der Waals surface area contributed by atoms with Gasteiger partial charge >= 0.3 is 0 Å². The summed E-state index contributed by atoms with van der Waals surface area (Å²) in [6, 6.07) is 19.0. The molecule has 0 atom stereocenters. The summed E-state index contributed by atoms with van der Waals surface area (Å²) in [6.07, 6.45) is 1.69. The molecule has 2 aromatic heterocycles. The molecule has 2 heterocycles. The van der Waals surface area contributed by atoms with Crippen molar-refractivity contribution in [2.45, 2.75) is 13.5 Å². The molecular weight excluding hydrogens is 422 g/mol. The van der Waals surface area contributed by atoms with Crippen LogP contribution in [0, 0.1) is 18.3 Å². The Morgan fingerprint density at radius 3 is 2.56 bits per heavy atom. The maximum Gasteiger partial charge on any atom is 0.232 e. The summed E-state index contributed by atoms with van der Waals surface area (Å²) in [6.45, 7) is 2.37. The number of ether oxygens (including phenoxy) is 1. The van der Waals surface area contributed by atoms with Gasteiger partial charge in [-0.3, -0.25) is 0 Å². The van der Waals surface area contributed by atoms with Gasteiger partial charge in [-0.25, -0.2) is 4.98 Å². The van der Waals surface area contributed by atoms with E-state index >= 15 is 0 Å². The summed E-state index contributed by atoms with van der Waals surface area (Å²) in [4.78, 5) is 16.9. The van der Waals surface area contributed by atoms with E-state index in [0.29, 0.717) is 12.4 Å². The second kappa shape index (κ2) is 9.68. The average Bonchev–Trinajstić information content (AvgIpc) is 3.22. The van der Waals surface area contributed by atoms with Gasteiger partial charge in [-0.05, 0) is 42.8 Å². The van der Waals surface area contributed by atoms with Crippen LogP contribution in [0.15, 0.2) is 60.0 Å². The summed E-state index contributed by atoms with van der Waals surface area (Å²) in [5.74, 6) is 1.19. The van der Waals surface area contributed by atoms with E-state index in [2.05, 4.69) is 31.3 Å². The smallest absolute Gasteiger partial charge is 0.232 e. The Hall–Kier alpha value is -4.29. The van der Waals surface area contributed by atoms with Gasteiger partial charge < -0.3 is 15.8 Å². The SMILES string of the molecule is Cc1nc(COc2ccc(/C=C(\C#N)c3nc(N)nc(Nc4ccccc4)n3)cc2)cs1. The Morgan fingerprint density at radius 2 is 1.88 bits per heavy atom. The van der Waals surface area contributed by atoms with Crippen molar-refractivity contribution in [3.63, 3.8) is 0 Å². The fourth-order valence-corrected chi connectivity index (χ4v) is 3.42. The number of nitrogens with zero attached hydrogens (tertiary/aromatic N) is 5. The average molecular weight is 442 g/mol. The Kier molecular flexibility index (Phi) is 6.34. The van der Waals surface area contributed by atoms with Gasteiger partial charge in [-0.15, -0.1) is 11.3 Å². The minimum absolute atomic E-state index is 0.0237. The van der Waals surface area contributed by atoms with Crippen LogP contribution in [0.1, 0.15) is 22.1 Å². The van der Waals surface area contributed by atoms with Crippen LogP contribution in [0.4, 0.5) is 17.6 Å². The maximum absolute atomic E-state index is 9.67. The number of nitrogens with one attached hydrogen (secondary N) is 1. The summed E-state index contributed by atoms with van der Waals surface area (Å²) in [5.41, 5.74) is 8.61. The zero-order valence-electron chi connectivity index (χ0n) is 17.2. The third-order valence-corrected chi connectivity index (χ3v) is 5.11. The van der Waals surface area contributed by atoms with E-state index in [1.807, 2.05) is 66.9 Å². The van der Waals surface area contributed by atoms with Crippen molar-refractivity contribution >= 4 is 40.6 Å². The van der Waals surface area contributed by atoms with Crippen LogP contribution >= 0.6 is 11.3 Å². The second-order valence-electron chi connectivity index (χ2n) is 6.72. The van der Waals surface area contributed by atoms with Gasteiger partial charge in [0.2, 0.25) is 11.9 Å². The Morgan fingerprint density at radius 1 is 1.09 bits per heavy atom. The van der Waals surface area contributed by atoms with E-state index in [0.717, 1.165) is 22.0 Å². The molecule has 2 aromatic carbocycles. The van der Waals surface area contributed by atoms with Crippen LogP contribution < -0.4 is 15.8 Å². The standard InChI is InChI=1S/C23H19N7OS/c1-15-26-19(14-32-15)13-31-20-9-7-16(8-10-20)11-17(12-24)21-28-22(25)30-23(29-21)27-18-5-3-2-4-6-18/h2-11,14H,13H2,1H3,(H3,25,27,28,29,30)/b17-11+. The molecule has 0 saturated carbocycles. The van der Waals surface area contributed by atoms with Crippen molar-refractivity contribution in [2.24, 2.45) is 0 Å². The normalized spacial score (nSPS) is 11.1. The molecule has 0 amide bonds. The molecule has 32 heavy (non-hydrogen) atoms. The highest BCUT2D eigenvalue weighted by atomic mass is 32.1. The van der Waals surface area contributed by atoms with Gasteiger partial charge in [0.15, 0.2) is 5.82 Å². The maximum atomic E-state index is 9.67. The van der Waals surface area contributed by atoms with Gasteiger partial charge in [0.05, 0.1) is 16.3 Å². The van der Waals surface area contributed by atoms with Gasteiger partial charge in [-0.2, -0.15) is 20.2 Å². The van der Waals surface area contributed by atoms with Crippen LogP contribution in [0.3, 0.4) is 0 Å². The Labute approximate surface area is 189 Å². The summed E-state index contributed by atoms with van der Waals surface area (Å²) >= 11 is 1.59. The molecule has 3 N–H and O–H groups in total. The number of hydrogen-bond acceptors (Lipinski definition) is 9. The van der Waals surface area contributed by atoms with Crippen LogP contribution in [-0.2, 0) is 6.61 Å². The lowest BCUT2D eigenvalue weighted by Gasteiger charge is -2.07. The first-order valence-corrected chi connectivity index (χ1v) is 10.6. The molecule has 0 aliphatic carbocycles. The number of nitriles is 1. The van der Waals surface area contributed by atoms with Gasteiger partial charge in [0.1, 0.15) is 18.4 Å². The molecule has 0 aliphatic rings. The Balaban J connectivity index is 1.50. The number of allylic oxidation sites excluding steroid dienone is 1. The largest absolute Gasteiger partial charge is 0.487 e. The highest BCUT2D eigenvalue weighted by molar-refractivity contribution is 7.09. The zero-order valence-corrected chi connectivity index (χ0v) is 18.0. The van der Waals surface area contributed by atoms with Crippen molar-refractivity contribution in [3.05, 3.63) is 82.1 Å². The fourth-order valence-electron chi connectivity index (χ4n) is 2.82. The van der Waals surface area contributed by atoms with E-state index in [-0.39, 0.29) is 23.3 Å². The topological polar surface area (TPSA) is 123 Å². The predicted molar refractivity (Wildman–Crippen MR) is 125 cm³/mol. The predicted octanol–water partition coefficient (Wildman–Crippen LogP) is 4.61. The number of thiazole rings is 1. The lowest BCUT2D eigenvalue weighted by atomic mass is 10.1. The molecule has 4 rings (SSSR count). The fraction of sp³-hybridized carbons (Fsp3) is 0.0870. The van der Waals surface area contributed by atoms with E-state index in [1.165, 1.54) is 0 Å². The van der Waals surface area contributed by atoms with Gasteiger partial charge in [0, 0.05) is 11.1 Å². The molecule has 9 heteroatoms. The summed E-state index contributed by atoms with van der Waals surface area (Å²) in [7, 11) is 0. The molecule has 0 unspecified atom stereocenters.